The van der Waals surface area contributed by atoms with Crippen molar-refractivity contribution in [1.29, 1.82) is 0 Å². The summed E-state index contributed by atoms with van der Waals surface area (Å²) < 4.78 is 16.6. The van der Waals surface area contributed by atoms with Crippen LogP contribution in [0.15, 0.2) is 72.0 Å². The Morgan fingerprint density at radius 2 is 1.86 bits per heavy atom. The SMILES string of the molecule is COC(OC)C1=CC=CC2=COC(c3ccccc3)=CC21. The van der Waals surface area contributed by atoms with Crippen molar-refractivity contribution < 1.29 is 14.2 Å². The second-order valence-electron chi connectivity index (χ2n) is 4.94. The first kappa shape index (κ1) is 13.9. The fourth-order valence-electron chi connectivity index (χ4n) is 2.66. The first-order chi connectivity index (χ1) is 10.3. The highest BCUT2D eigenvalue weighted by Crippen LogP contribution is 2.36. The molecule has 0 saturated carbocycles. The van der Waals surface area contributed by atoms with E-state index in [1.165, 1.54) is 0 Å². The lowest BCUT2D eigenvalue weighted by atomic mass is 9.85. The molecule has 3 nitrogen and oxygen atoms in total. The second-order valence-corrected chi connectivity index (χ2v) is 4.94. The van der Waals surface area contributed by atoms with Gasteiger partial charge in [0.05, 0.1) is 6.26 Å². The number of methoxy groups -OCH3 is 2. The maximum absolute atomic E-state index is 5.77. The largest absolute Gasteiger partial charge is 0.464 e. The van der Waals surface area contributed by atoms with Gasteiger partial charge in [0.15, 0.2) is 6.29 Å². The molecule has 0 amide bonds. The summed E-state index contributed by atoms with van der Waals surface area (Å²) >= 11 is 0. The molecular weight excluding hydrogens is 264 g/mol. The van der Waals surface area contributed by atoms with Crippen LogP contribution in [0.5, 0.6) is 0 Å². The van der Waals surface area contributed by atoms with Crippen LogP contribution in [0.3, 0.4) is 0 Å². The van der Waals surface area contributed by atoms with E-state index in [9.17, 15) is 0 Å². The smallest absolute Gasteiger partial charge is 0.180 e. The van der Waals surface area contributed by atoms with Crippen LogP contribution in [0, 0.1) is 5.92 Å². The number of hydrogen-bond donors (Lipinski definition) is 0. The average Bonchev–Trinajstić information content (AvgIpc) is 2.56. The quantitative estimate of drug-likeness (QED) is 0.789. The van der Waals surface area contributed by atoms with E-state index in [0.717, 1.165) is 22.5 Å². The molecule has 1 aliphatic heterocycles. The van der Waals surface area contributed by atoms with E-state index >= 15 is 0 Å². The van der Waals surface area contributed by atoms with E-state index < -0.39 is 0 Å². The van der Waals surface area contributed by atoms with Gasteiger partial charge in [0.1, 0.15) is 5.76 Å². The summed E-state index contributed by atoms with van der Waals surface area (Å²) in [6.45, 7) is 0. The van der Waals surface area contributed by atoms with Crippen LogP contribution < -0.4 is 0 Å². The Morgan fingerprint density at radius 3 is 2.57 bits per heavy atom. The number of allylic oxidation sites excluding steroid dienone is 5. The molecular formula is C18H18O3. The maximum Gasteiger partial charge on any atom is 0.180 e. The Labute approximate surface area is 124 Å². The van der Waals surface area contributed by atoms with Crippen molar-refractivity contribution in [3.05, 3.63) is 77.6 Å². The van der Waals surface area contributed by atoms with Gasteiger partial charge in [0, 0.05) is 25.7 Å². The Balaban J connectivity index is 1.95. The van der Waals surface area contributed by atoms with Gasteiger partial charge >= 0.3 is 0 Å². The van der Waals surface area contributed by atoms with Crippen LogP contribution in [0.4, 0.5) is 0 Å². The fraction of sp³-hybridized carbons (Fsp3) is 0.222. The normalized spacial score (nSPS) is 20.3. The van der Waals surface area contributed by atoms with Gasteiger partial charge in [-0.2, -0.15) is 0 Å². The van der Waals surface area contributed by atoms with Crippen molar-refractivity contribution in [3.8, 4) is 0 Å². The summed E-state index contributed by atoms with van der Waals surface area (Å²) in [5.41, 5.74) is 3.24. The van der Waals surface area contributed by atoms with Crippen molar-refractivity contribution in [2.24, 2.45) is 5.92 Å². The minimum atomic E-state index is -0.352. The zero-order chi connectivity index (χ0) is 14.7. The lowest BCUT2D eigenvalue weighted by Crippen LogP contribution is -2.24. The van der Waals surface area contributed by atoms with Gasteiger partial charge in [-0.3, -0.25) is 0 Å². The minimum absolute atomic E-state index is 0.115. The highest BCUT2D eigenvalue weighted by atomic mass is 16.7. The van der Waals surface area contributed by atoms with E-state index in [4.69, 9.17) is 14.2 Å². The van der Waals surface area contributed by atoms with Crippen LogP contribution in [0.2, 0.25) is 0 Å². The van der Waals surface area contributed by atoms with Crippen LogP contribution in [0.1, 0.15) is 5.56 Å². The molecule has 108 valence electrons. The molecule has 1 unspecified atom stereocenters. The summed E-state index contributed by atoms with van der Waals surface area (Å²) in [4.78, 5) is 0. The van der Waals surface area contributed by atoms with E-state index in [-0.39, 0.29) is 12.2 Å². The zero-order valence-electron chi connectivity index (χ0n) is 12.2. The molecule has 2 aliphatic rings. The molecule has 1 aromatic carbocycles. The number of hydrogen-bond acceptors (Lipinski definition) is 3. The molecule has 0 saturated heterocycles. The van der Waals surface area contributed by atoms with Crippen molar-refractivity contribution in [1.82, 2.24) is 0 Å². The fourth-order valence-corrected chi connectivity index (χ4v) is 2.66. The molecule has 0 radical (unpaired) electrons. The molecule has 0 aromatic heterocycles. The van der Waals surface area contributed by atoms with Crippen LogP contribution in [-0.2, 0) is 14.2 Å². The number of ether oxygens (including phenoxy) is 3. The predicted octanol–water partition coefficient (Wildman–Crippen LogP) is 3.67. The lowest BCUT2D eigenvalue weighted by Gasteiger charge is -2.29. The third-order valence-corrected chi connectivity index (χ3v) is 3.69. The van der Waals surface area contributed by atoms with Crippen molar-refractivity contribution >= 4 is 5.76 Å². The van der Waals surface area contributed by atoms with Gasteiger partial charge in [-0.1, -0.05) is 48.6 Å². The van der Waals surface area contributed by atoms with Crippen LogP contribution >= 0.6 is 0 Å². The minimum Gasteiger partial charge on any atom is -0.464 e. The van der Waals surface area contributed by atoms with Crippen molar-refractivity contribution in [3.63, 3.8) is 0 Å². The standard InChI is InChI=1S/C18H18O3/c1-19-18(20-2)15-10-6-9-14-12-21-17(11-16(14)15)13-7-4-3-5-8-13/h3-12,16,18H,1-2H3. The van der Waals surface area contributed by atoms with Crippen molar-refractivity contribution in [2.45, 2.75) is 6.29 Å². The van der Waals surface area contributed by atoms with Gasteiger partial charge < -0.3 is 14.2 Å². The molecule has 1 atom stereocenters. The Bertz CT molecular complexity index is 619. The Morgan fingerprint density at radius 1 is 1.10 bits per heavy atom. The molecule has 3 heteroatoms. The average molecular weight is 282 g/mol. The predicted molar refractivity (Wildman–Crippen MR) is 82.1 cm³/mol. The third kappa shape index (κ3) is 2.71. The summed E-state index contributed by atoms with van der Waals surface area (Å²) in [7, 11) is 3.30. The molecule has 1 aromatic rings. The molecule has 0 fully saturated rings. The summed E-state index contributed by atoms with van der Waals surface area (Å²) in [5.74, 6) is 0.973. The summed E-state index contributed by atoms with van der Waals surface area (Å²) in [6, 6.07) is 10.1. The molecule has 0 bridgehead atoms. The maximum atomic E-state index is 5.77. The second kappa shape index (κ2) is 6.12. The molecule has 1 heterocycles. The molecule has 3 rings (SSSR count). The number of benzene rings is 1. The molecule has 0 spiro atoms. The molecule has 0 N–H and O–H groups in total. The first-order valence-corrected chi connectivity index (χ1v) is 6.91. The van der Waals surface area contributed by atoms with Gasteiger partial charge in [-0.15, -0.1) is 0 Å². The molecule has 21 heavy (non-hydrogen) atoms. The van der Waals surface area contributed by atoms with E-state index in [2.05, 4.69) is 12.2 Å². The third-order valence-electron chi connectivity index (χ3n) is 3.69. The van der Waals surface area contributed by atoms with Crippen molar-refractivity contribution in [2.75, 3.05) is 14.2 Å². The van der Waals surface area contributed by atoms with Gasteiger partial charge in [-0.25, -0.2) is 0 Å². The van der Waals surface area contributed by atoms with Gasteiger partial charge in [-0.05, 0) is 17.2 Å². The zero-order valence-corrected chi connectivity index (χ0v) is 12.2. The number of rotatable bonds is 4. The topological polar surface area (TPSA) is 27.7 Å². The summed E-state index contributed by atoms with van der Waals surface area (Å²) in [6.07, 6.45) is 9.66. The number of fused-ring (bicyclic) bond motifs is 1. The summed E-state index contributed by atoms with van der Waals surface area (Å²) in [5, 5.41) is 0. The Kier molecular flexibility index (Phi) is 4.04. The van der Waals surface area contributed by atoms with E-state index in [0.29, 0.717) is 0 Å². The van der Waals surface area contributed by atoms with Gasteiger partial charge in [0.2, 0.25) is 0 Å². The van der Waals surface area contributed by atoms with Crippen LogP contribution in [0.25, 0.3) is 5.76 Å². The van der Waals surface area contributed by atoms with E-state index in [1.54, 1.807) is 20.5 Å². The monoisotopic (exact) mass is 282 g/mol. The Hall–Kier alpha value is -2.10. The highest BCUT2D eigenvalue weighted by Gasteiger charge is 2.28. The lowest BCUT2D eigenvalue weighted by molar-refractivity contribution is -0.0782. The molecule has 1 aliphatic carbocycles. The van der Waals surface area contributed by atoms with E-state index in [1.807, 2.05) is 42.5 Å². The van der Waals surface area contributed by atoms with Gasteiger partial charge in [0.25, 0.3) is 0 Å². The highest BCUT2D eigenvalue weighted by molar-refractivity contribution is 5.64. The first-order valence-electron chi connectivity index (χ1n) is 6.91. The van der Waals surface area contributed by atoms with Crippen LogP contribution in [-0.4, -0.2) is 20.5 Å².